The molecule has 66 valence electrons. The van der Waals surface area contributed by atoms with E-state index >= 15 is 0 Å². The van der Waals surface area contributed by atoms with Gasteiger partial charge in [0.1, 0.15) is 0 Å². The van der Waals surface area contributed by atoms with Crippen LogP contribution < -0.4 is 10.5 Å². The Bertz CT molecular complexity index is 440. The van der Waals surface area contributed by atoms with Crippen molar-refractivity contribution in [1.29, 1.82) is 0 Å². The van der Waals surface area contributed by atoms with Gasteiger partial charge < -0.3 is 10.5 Å². The van der Waals surface area contributed by atoms with Crippen molar-refractivity contribution in [2.45, 2.75) is 0 Å². The van der Waals surface area contributed by atoms with Gasteiger partial charge in [-0.2, -0.15) is 0 Å². The monoisotopic (exact) mass is 174 g/mol. The molecule has 0 amide bonds. The molecule has 0 atom stereocenters. The first-order valence-corrected chi connectivity index (χ1v) is 4.00. The lowest BCUT2D eigenvalue weighted by Gasteiger charge is -2.04. The van der Waals surface area contributed by atoms with E-state index in [1.54, 1.807) is 7.11 Å². The number of nitrogen functional groups attached to an aromatic ring is 1. The van der Waals surface area contributed by atoms with Crippen molar-refractivity contribution in [2.24, 2.45) is 0 Å². The minimum atomic E-state index is 0.485. The molecule has 0 aliphatic rings. The number of hydrogen-bond acceptors (Lipinski definition) is 3. The molecule has 2 N–H and O–H groups in total. The van der Waals surface area contributed by atoms with Gasteiger partial charge in [0.25, 0.3) is 0 Å². The first-order chi connectivity index (χ1) is 6.31. The summed E-state index contributed by atoms with van der Waals surface area (Å²) in [5.41, 5.74) is 7.18. The molecule has 0 spiro atoms. The summed E-state index contributed by atoms with van der Waals surface area (Å²) in [4.78, 5) is 4.25. The van der Waals surface area contributed by atoms with Gasteiger partial charge in [0.2, 0.25) is 5.88 Å². The fraction of sp³-hybridized carbons (Fsp3) is 0.100. The van der Waals surface area contributed by atoms with Crippen LogP contribution in [0.5, 0.6) is 5.88 Å². The van der Waals surface area contributed by atoms with Crippen LogP contribution in [0.3, 0.4) is 0 Å². The molecule has 0 aliphatic carbocycles. The first kappa shape index (κ1) is 7.86. The first-order valence-electron chi connectivity index (χ1n) is 4.00. The molecule has 0 bridgehead atoms. The summed E-state index contributed by atoms with van der Waals surface area (Å²) in [7, 11) is 1.56. The summed E-state index contributed by atoms with van der Waals surface area (Å²) in [6.45, 7) is 0. The highest BCUT2D eigenvalue weighted by molar-refractivity contribution is 5.83. The highest BCUT2D eigenvalue weighted by Gasteiger charge is 2.02. The number of nitrogens with two attached hydrogens (primary N) is 1. The van der Waals surface area contributed by atoms with Crippen LogP contribution >= 0.6 is 0 Å². The molecule has 0 fully saturated rings. The Hall–Kier alpha value is -1.77. The molecular formula is C10H10N2O. The lowest BCUT2D eigenvalue weighted by atomic mass is 10.2. The van der Waals surface area contributed by atoms with Gasteiger partial charge in [0.15, 0.2) is 0 Å². The van der Waals surface area contributed by atoms with Gasteiger partial charge in [-0.25, -0.2) is 4.98 Å². The number of anilines is 1. The summed E-state index contributed by atoms with van der Waals surface area (Å²) in [5, 5.41) is 1.03. The third-order valence-electron chi connectivity index (χ3n) is 1.91. The summed E-state index contributed by atoms with van der Waals surface area (Å²) < 4.78 is 5.02. The fourth-order valence-corrected chi connectivity index (χ4v) is 1.28. The smallest absolute Gasteiger partial charge is 0.237 e. The number of nitrogens with zero attached hydrogens (tertiary/aromatic N) is 1. The number of methoxy groups -OCH3 is 1. The minimum absolute atomic E-state index is 0.485. The van der Waals surface area contributed by atoms with Gasteiger partial charge in [0, 0.05) is 5.39 Å². The van der Waals surface area contributed by atoms with E-state index in [9.17, 15) is 0 Å². The average molecular weight is 174 g/mol. The summed E-state index contributed by atoms with van der Waals surface area (Å²) in [6.07, 6.45) is 0. The van der Waals surface area contributed by atoms with Crippen molar-refractivity contribution < 1.29 is 4.74 Å². The molecule has 1 heterocycles. The van der Waals surface area contributed by atoms with Gasteiger partial charge in [-0.15, -0.1) is 0 Å². The van der Waals surface area contributed by atoms with Crippen LogP contribution in [0.2, 0.25) is 0 Å². The van der Waals surface area contributed by atoms with Gasteiger partial charge in [-0.3, -0.25) is 0 Å². The summed E-state index contributed by atoms with van der Waals surface area (Å²) in [6, 6.07) is 9.65. The molecule has 0 saturated heterocycles. The molecule has 2 aromatic rings. The zero-order valence-electron chi connectivity index (χ0n) is 7.32. The Morgan fingerprint density at radius 2 is 2.08 bits per heavy atom. The number of para-hydroxylation sites is 1. The van der Waals surface area contributed by atoms with Gasteiger partial charge in [-0.05, 0) is 12.1 Å². The van der Waals surface area contributed by atoms with Crippen LogP contribution in [0.15, 0.2) is 30.3 Å². The number of fused-ring (bicyclic) bond motifs is 1. The Balaban J connectivity index is 2.74. The molecule has 3 nitrogen and oxygen atoms in total. The van der Waals surface area contributed by atoms with Gasteiger partial charge >= 0.3 is 0 Å². The van der Waals surface area contributed by atoms with Crippen molar-refractivity contribution in [2.75, 3.05) is 12.8 Å². The quantitative estimate of drug-likeness (QED) is 0.717. The molecule has 13 heavy (non-hydrogen) atoms. The third-order valence-corrected chi connectivity index (χ3v) is 1.91. The Morgan fingerprint density at radius 3 is 2.85 bits per heavy atom. The van der Waals surface area contributed by atoms with Crippen LogP contribution in [-0.2, 0) is 0 Å². The van der Waals surface area contributed by atoms with Crippen molar-refractivity contribution in [3.05, 3.63) is 30.3 Å². The Labute approximate surface area is 76.2 Å². The largest absolute Gasteiger partial charge is 0.480 e. The summed E-state index contributed by atoms with van der Waals surface area (Å²) >= 11 is 0. The third kappa shape index (κ3) is 1.28. The van der Waals surface area contributed by atoms with E-state index in [2.05, 4.69) is 4.98 Å². The standard InChI is InChI=1S/C10H10N2O/c1-13-10-8(11)6-7-4-2-3-5-9(7)12-10/h2-6H,11H2,1H3. The van der Waals surface area contributed by atoms with E-state index in [-0.39, 0.29) is 0 Å². The van der Waals surface area contributed by atoms with E-state index < -0.39 is 0 Å². The Morgan fingerprint density at radius 1 is 1.31 bits per heavy atom. The van der Waals surface area contributed by atoms with E-state index in [0.29, 0.717) is 11.6 Å². The zero-order chi connectivity index (χ0) is 9.26. The lowest BCUT2D eigenvalue weighted by molar-refractivity contribution is 0.402. The van der Waals surface area contributed by atoms with E-state index in [1.165, 1.54) is 0 Å². The van der Waals surface area contributed by atoms with Crippen molar-refractivity contribution >= 4 is 16.6 Å². The molecule has 0 aliphatic heterocycles. The Kier molecular flexibility index (Phi) is 1.77. The van der Waals surface area contributed by atoms with Crippen molar-refractivity contribution in [3.8, 4) is 5.88 Å². The topological polar surface area (TPSA) is 48.1 Å². The number of benzene rings is 1. The number of hydrogen-bond donors (Lipinski definition) is 1. The second-order valence-electron chi connectivity index (χ2n) is 2.78. The molecule has 0 radical (unpaired) electrons. The van der Waals surface area contributed by atoms with E-state index in [4.69, 9.17) is 10.5 Å². The predicted molar refractivity (Wildman–Crippen MR) is 52.7 cm³/mol. The zero-order valence-corrected chi connectivity index (χ0v) is 7.32. The number of pyridine rings is 1. The molecule has 1 aromatic heterocycles. The molecular weight excluding hydrogens is 164 g/mol. The van der Waals surface area contributed by atoms with Gasteiger partial charge in [-0.1, -0.05) is 18.2 Å². The maximum absolute atomic E-state index is 5.71. The van der Waals surface area contributed by atoms with Gasteiger partial charge in [0.05, 0.1) is 18.3 Å². The molecule has 3 heteroatoms. The molecule has 2 rings (SSSR count). The van der Waals surface area contributed by atoms with Crippen molar-refractivity contribution in [1.82, 2.24) is 4.98 Å². The SMILES string of the molecule is COc1nc2ccccc2cc1N. The second-order valence-corrected chi connectivity index (χ2v) is 2.78. The number of ether oxygens (including phenoxy) is 1. The predicted octanol–water partition coefficient (Wildman–Crippen LogP) is 1.83. The average Bonchev–Trinajstić information content (AvgIpc) is 2.17. The maximum atomic E-state index is 5.71. The normalized spacial score (nSPS) is 10.2. The van der Waals surface area contributed by atoms with Crippen LogP contribution in [-0.4, -0.2) is 12.1 Å². The molecule has 0 unspecified atom stereocenters. The lowest BCUT2D eigenvalue weighted by Crippen LogP contribution is -1.95. The fourth-order valence-electron chi connectivity index (χ4n) is 1.28. The van der Waals surface area contributed by atoms with E-state index in [1.807, 2.05) is 30.3 Å². The number of rotatable bonds is 1. The minimum Gasteiger partial charge on any atom is -0.480 e. The molecule has 0 saturated carbocycles. The maximum Gasteiger partial charge on any atom is 0.237 e. The number of aromatic nitrogens is 1. The van der Waals surface area contributed by atoms with E-state index in [0.717, 1.165) is 10.9 Å². The van der Waals surface area contributed by atoms with Crippen LogP contribution in [0.25, 0.3) is 10.9 Å². The van der Waals surface area contributed by atoms with Crippen LogP contribution in [0.4, 0.5) is 5.69 Å². The summed E-state index contributed by atoms with van der Waals surface area (Å²) in [5.74, 6) is 0.485. The van der Waals surface area contributed by atoms with Crippen LogP contribution in [0.1, 0.15) is 0 Å². The molecule has 1 aromatic carbocycles. The highest BCUT2D eigenvalue weighted by Crippen LogP contribution is 2.23. The highest BCUT2D eigenvalue weighted by atomic mass is 16.5. The second kappa shape index (κ2) is 2.94. The van der Waals surface area contributed by atoms with Crippen molar-refractivity contribution in [3.63, 3.8) is 0 Å². The van der Waals surface area contributed by atoms with Crippen LogP contribution in [0, 0.1) is 0 Å².